The van der Waals surface area contributed by atoms with Crippen molar-refractivity contribution in [3.63, 3.8) is 0 Å². The van der Waals surface area contributed by atoms with Gasteiger partial charge in [-0.15, -0.1) is 0 Å². The van der Waals surface area contributed by atoms with E-state index in [1.807, 2.05) is 18.5 Å². The summed E-state index contributed by atoms with van der Waals surface area (Å²) in [6.45, 7) is 7.42. The molecule has 0 saturated heterocycles. The number of esters is 1. The SMILES string of the molecule is CCOC(=O)c1c(CC)nn2c1C[C@@H](C)CC2. The average Bonchev–Trinajstić information content (AvgIpc) is 2.66. The average molecular weight is 236 g/mol. The van der Waals surface area contributed by atoms with Crippen molar-refractivity contribution >= 4 is 5.97 Å². The highest BCUT2D eigenvalue weighted by Gasteiger charge is 2.27. The standard InChI is InChI=1S/C13H20N2O2/c1-4-10-12(13(16)17-5-2)11-8-9(3)6-7-15(11)14-10/h9H,4-8H2,1-3H3/t9-/m0/s1. The lowest BCUT2D eigenvalue weighted by Gasteiger charge is -2.20. The minimum atomic E-state index is -0.209. The van der Waals surface area contributed by atoms with Crippen LogP contribution in [-0.4, -0.2) is 22.4 Å². The van der Waals surface area contributed by atoms with E-state index in [0.29, 0.717) is 12.5 Å². The molecule has 0 bridgehead atoms. The van der Waals surface area contributed by atoms with E-state index >= 15 is 0 Å². The van der Waals surface area contributed by atoms with Crippen molar-refractivity contribution in [2.75, 3.05) is 6.61 Å². The van der Waals surface area contributed by atoms with E-state index in [1.54, 1.807) is 0 Å². The lowest BCUT2D eigenvalue weighted by atomic mass is 9.95. The van der Waals surface area contributed by atoms with Crippen LogP contribution in [0.15, 0.2) is 0 Å². The van der Waals surface area contributed by atoms with Crippen LogP contribution in [0, 0.1) is 5.92 Å². The topological polar surface area (TPSA) is 44.1 Å². The van der Waals surface area contributed by atoms with Gasteiger partial charge in [0.1, 0.15) is 5.56 Å². The minimum Gasteiger partial charge on any atom is -0.462 e. The smallest absolute Gasteiger partial charge is 0.341 e. The number of carbonyl (C=O) groups is 1. The van der Waals surface area contributed by atoms with Crippen molar-refractivity contribution in [1.29, 1.82) is 0 Å². The quantitative estimate of drug-likeness (QED) is 0.756. The summed E-state index contributed by atoms with van der Waals surface area (Å²) in [6.07, 6.45) is 2.85. The first-order chi connectivity index (χ1) is 8.17. The van der Waals surface area contributed by atoms with Crippen molar-refractivity contribution in [3.05, 3.63) is 17.0 Å². The summed E-state index contributed by atoms with van der Waals surface area (Å²) in [4.78, 5) is 12.0. The molecule has 1 atom stereocenters. The van der Waals surface area contributed by atoms with Gasteiger partial charge in [-0.3, -0.25) is 4.68 Å². The first-order valence-electron chi connectivity index (χ1n) is 6.43. The monoisotopic (exact) mass is 236 g/mol. The third-order valence-corrected chi connectivity index (χ3v) is 3.32. The molecule has 0 aliphatic carbocycles. The molecule has 2 rings (SSSR count). The third kappa shape index (κ3) is 2.21. The van der Waals surface area contributed by atoms with Crippen molar-refractivity contribution < 1.29 is 9.53 Å². The van der Waals surface area contributed by atoms with Crippen molar-refractivity contribution in [2.45, 2.75) is 46.6 Å². The molecule has 94 valence electrons. The van der Waals surface area contributed by atoms with Crippen molar-refractivity contribution in [1.82, 2.24) is 9.78 Å². The Labute approximate surface area is 102 Å². The summed E-state index contributed by atoms with van der Waals surface area (Å²) in [7, 11) is 0. The molecular weight excluding hydrogens is 216 g/mol. The van der Waals surface area contributed by atoms with E-state index in [0.717, 1.165) is 42.8 Å². The molecule has 1 aromatic rings. The van der Waals surface area contributed by atoms with Gasteiger partial charge in [0.05, 0.1) is 18.0 Å². The Hall–Kier alpha value is -1.32. The van der Waals surface area contributed by atoms with Gasteiger partial charge in [0.15, 0.2) is 0 Å². The number of nitrogens with zero attached hydrogens (tertiary/aromatic N) is 2. The van der Waals surface area contributed by atoms with Gasteiger partial charge in [-0.2, -0.15) is 5.10 Å². The molecule has 4 heteroatoms. The summed E-state index contributed by atoms with van der Waals surface area (Å²) in [5, 5.41) is 4.52. The van der Waals surface area contributed by atoms with E-state index in [1.165, 1.54) is 0 Å². The Morgan fingerprint density at radius 3 is 2.94 bits per heavy atom. The Morgan fingerprint density at radius 2 is 2.29 bits per heavy atom. The normalized spacial score (nSPS) is 18.9. The summed E-state index contributed by atoms with van der Waals surface area (Å²) < 4.78 is 7.13. The highest BCUT2D eigenvalue weighted by molar-refractivity contribution is 5.92. The lowest BCUT2D eigenvalue weighted by Crippen LogP contribution is -2.20. The van der Waals surface area contributed by atoms with E-state index in [2.05, 4.69) is 12.0 Å². The van der Waals surface area contributed by atoms with Gasteiger partial charge in [0.25, 0.3) is 0 Å². The van der Waals surface area contributed by atoms with Crippen LogP contribution in [0.3, 0.4) is 0 Å². The van der Waals surface area contributed by atoms with Crippen LogP contribution in [0.25, 0.3) is 0 Å². The number of ether oxygens (including phenoxy) is 1. The van der Waals surface area contributed by atoms with Gasteiger partial charge in [-0.25, -0.2) is 4.79 Å². The summed E-state index contributed by atoms with van der Waals surface area (Å²) >= 11 is 0. The van der Waals surface area contributed by atoms with Crippen LogP contribution >= 0.6 is 0 Å². The molecule has 0 unspecified atom stereocenters. The number of aryl methyl sites for hydroxylation is 2. The lowest BCUT2D eigenvalue weighted by molar-refractivity contribution is 0.0523. The number of hydrogen-bond acceptors (Lipinski definition) is 3. The molecular formula is C13H20N2O2. The largest absolute Gasteiger partial charge is 0.462 e. The van der Waals surface area contributed by atoms with Gasteiger partial charge < -0.3 is 4.74 Å². The number of carbonyl (C=O) groups excluding carboxylic acids is 1. The maximum atomic E-state index is 12.0. The molecule has 0 radical (unpaired) electrons. The summed E-state index contributed by atoms with van der Waals surface area (Å²) in [5.74, 6) is 0.414. The molecule has 4 nitrogen and oxygen atoms in total. The fraction of sp³-hybridized carbons (Fsp3) is 0.692. The molecule has 0 aromatic carbocycles. The second kappa shape index (κ2) is 4.90. The highest BCUT2D eigenvalue weighted by Crippen LogP contribution is 2.26. The van der Waals surface area contributed by atoms with E-state index < -0.39 is 0 Å². The first-order valence-corrected chi connectivity index (χ1v) is 6.43. The predicted octanol–water partition coefficient (Wildman–Crippen LogP) is 2.20. The van der Waals surface area contributed by atoms with Crippen LogP contribution in [-0.2, 0) is 24.1 Å². The Bertz CT molecular complexity index is 423. The predicted molar refractivity (Wildman–Crippen MR) is 65.0 cm³/mol. The second-order valence-corrected chi connectivity index (χ2v) is 4.66. The zero-order valence-corrected chi connectivity index (χ0v) is 10.8. The maximum Gasteiger partial charge on any atom is 0.341 e. The zero-order valence-electron chi connectivity index (χ0n) is 10.8. The zero-order chi connectivity index (χ0) is 12.4. The van der Waals surface area contributed by atoms with Crippen LogP contribution in [0.5, 0.6) is 0 Å². The molecule has 1 aliphatic heterocycles. The molecule has 0 spiro atoms. The van der Waals surface area contributed by atoms with Gasteiger partial charge in [0.2, 0.25) is 0 Å². The number of fused-ring (bicyclic) bond motifs is 1. The van der Waals surface area contributed by atoms with E-state index in [-0.39, 0.29) is 5.97 Å². The molecule has 1 aromatic heterocycles. The summed E-state index contributed by atoms with van der Waals surface area (Å²) in [6, 6.07) is 0. The Balaban J connectivity index is 2.41. The van der Waals surface area contributed by atoms with Gasteiger partial charge in [0, 0.05) is 6.54 Å². The number of rotatable bonds is 3. The number of aromatic nitrogens is 2. The molecule has 17 heavy (non-hydrogen) atoms. The Morgan fingerprint density at radius 1 is 1.53 bits per heavy atom. The fourth-order valence-corrected chi connectivity index (χ4v) is 2.41. The van der Waals surface area contributed by atoms with Crippen molar-refractivity contribution in [3.8, 4) is 0 Å². The van der Waals surface area contributed by atoms with Crippen LogP contribution < -0.4 is 0 Å². The fourth-order valence-electron chi connectivity index (χ4n) is 2.41. The molecule has 0 saturated carbocycles. The van der Waals surface area contributed by atoms with Gasteiger partial charge >= 0.3 is 5.97 Å². The highest BCUT2D eigenvalue weighted by atomic mass is 16.5. The molecule has 0 N–H and O–H groups in total. The van der Waals surface area contributed by atoms with E-state index in [9.17, 15) is 4.79 Å². The molecule has 1 aliphatic rings. The number of hydrogen-bond donors (Lipinski definition) is 0. The van der Waals surface area contributed by atoms with Gasteiger partial charge in [-0.1, -0.05) is 13.8 Å². The second-order valence-electron chi connectivity index (χ2n) is 4.66. The Kier molecular flexibility index (Phi) is 3.50. The van der Waals surface area contributed by atoms with Gasteiger partial charge in [-0.05, 0) is 32.1 Å². The van der Waals surface area contributed by atoms with Crippen LogP contribution in [0.2, 0.25) is 0 Å². The molecule has 0 amide bonds. The van der Waals surface area contributed by atoms with Crippen molar-refractivity contribution in [2.24, 2.45) is 5.92 Å². The molecule has 0 fully saturated rings. The minimum absolute atomic E-state index is 0.209. The van der Waals surface area contributed by atoms with E-state index in [4.69, 9.17) is 4.74 Å². The summed E-state index contributed by atoms with van der Waals surface area (Å²) in [5.41, 5.74) is 2.67. The first kappa shape index (κ1) is 12.1. The van der Waals surface area contributed by atoms with Crippen LogP contribution in [0.4, 0.5) is 0 Å². The van der Waals surface area contributed by atoms with Crippen LogP contribution in [0.1, 0.15) is 48.9 Å². The molecule has 2 heterocycles. The maximum absolute atomic E-state index is 12.0. The third-order valence-electron chi connectivity index (χ3n) is 3.32.